The summed E-state index contributed by atoms with van der Waals surface area (Å²) in [6.45, 7) is -0.366. The van der Waals surface area contributed by atoms with Gasteiger partial charge in [0, 0.05) is 18.2 Å². The van der Waals surface area contributed by atoms with Crippen molar-refractivity contribution < 1.29 is 33.0 Å². The van der Waals surface area contributed by atoms with Gasteiger partial charge in [-0.15, -0.1) is 0 Å². The summed E-state index contributed by atoms with van der Waals surface area (Å²) < 4.78 is 20.7. The van der Waals surface area contributed by atoms with Crippen LogP contribution in [0, 0.1) is 0 Å². The zero-order valence-corrected chi connectivity index (χ0v) is 16.4. The van der Waals surface area contributed by atoms with Crippen LogP contribution in [0.15, 0.2) is 34.9 Å². The Bertz CT molecular complexity index is 850. The van der Waals surface area contributed by atoms with E-state index in [0.29, 0.717) is 22.8 Å². The quantitative estimate of drug-likeness (QED) is 0.524. The number of furan rings is 1. The van der Waals surface area contributed by atoms with E-state index in [0.717, 1.165) is 0 Å². The Morgan fingerprint density at radius 3 is 2.10 bits per heavy atom. The van der Waals surface area contributed by atoms with Crippen molar-refractivity contribution in [2.24, 2.45) is 0 Å². The molecule has 3 N–H and O–H groups in total. The molecule has 0 aliphatic carbocycles. The Labute approximate surface area is 167 Å². The molecule has 0 fully saturated rings. The summed E-state index contributed by atoms with van der Waals surface area (Å²) in [7, 11) is 4.52. The van der Waals surface area contributed by atoms with E-state index < -0.39 is 17.7 Å². The van der Waals surface area contributed by atoms with Crippen LogP contribution in [0.4, 0.5) is 0 Å². The summed E-state index contributed by atoms with van der Waals surface area (Å²) in [4.78, 5) is 35.4. The number of hydrogen-bond donors (Lipinski definition) is 3. The highest BCUT2D eigenvalue weighted by Gasteiger charge is 2.14. The van der Waals surface area contributed by atoms with E-state index in [-0.39, 0.29) is 25.4 Å². The monoisotopic (exact) mass is 405 g/mol. The zero-order valence-electron chi connectivity index (χ0n) is 16.4. The molecule has 0 atom stereocenters. The molecule has 0 aliphatic rings. The van der Waals surface area contributed by atoms with Crippen LogP contribution in [0.5, 0.6) is 17.2 Å². The molecule has 2 rings (SSSR count). The fraction of sp³-hybridized carbons (Fsp3) is 0.316. The van der Waals surface area contributed by atoms with Gasteiger partial charge in [-0.25, -0.2) is 0 Å². The summed E-state index contributed by atoms with van der Waals surface area (Å²) in [5, 5.41) is 7.48. The van der Waals surface area contributed by atoms with Crippen LogP contribution in [0.3, 0.4) is 0 Å². The Morgan fingerprint density at radius 1 is 0.862 bits per heavy atom. The minimum atomic E-state index is -0.518. The van der Waals surface area contributed by atoms with Crippen LogP contribution in [0.2, 0.25) is 0 Å². The third-order valence-corrected chi connectivity index (χ3v) is 3.86. The number of methoxy groups -OCH3 is 3. The lowest BCUT2D eigenvalue weighted by atomic mass is 10.1. The number of amides is 3. The van der Waals surface area contributed by atoms with Crippen LogP contribution >= 0.6 is 0 Å². The molecule has 10 nitrogen and oxygen atoms in total. The maximum absolute atomic E-state index is 12.0. The Morgan fingerprint density at radius 2 is 1.48 bits per heavy atom. The minimum Gasteiger partial charge on any atom is -0.496 e. The van der Waals surface area contributed by atoms with Crippen LogP contribution in [0.1, 0.15) is 16.1 Å². The van der Waals surface area contributed by atoms with Crippen molar-refractivity contribution in [1.29, 1.82) is 0 Å². The molecule has 0 saturated carbocycles. The van der Waals surface area contributed by atoms with E-state index in [9.17, 15) is 14.4 Å². The first kappa shape index (κ1) is 21.6. The van der Waals surface area contributed by atoms with Crippen molar-refractivity contribution in [1.82, 2.24) is 16.0 Å². The van der Waals surface area contributed by atoms with Gasteiger partial charge in [0.25, 0.3) is 5.91 Å². The lowest BCUT2D eigenvalue weighted by molar-refractivity contribution is -0.125. The van der Waals surface area contributed by atoms with Crippen LogP contribution in [-0.4, -0.2) is 52.1 Å². The maximum atomic E-state index is 12.0. The second kappa shape index (κ2) is 10.6. The molecular weight excluding hydrogens is 382 g/mol. The van der Waals surface area contributed by atoms with Gasteiger partial charge in [-0.3, -0.25) is 14.4 Å². The van der Waals surface area contributed by atoms with Crippen LogP contribution in [-0.2, 0) is 16.1 Å². The second-order valence-electron chi connectivity index (χ2n) is 5.73. The Balaban J connectivity index is 1.79. The molecule has 1 aromatic carbocycles. The summed E-state index contributed by atoms with van der Waals surface area (Å²) in [5.74, 6) is 0.180. The number of hydrogen-bond acceptors (Lipinski definition) is 7. The van der Waals surface area contributed by atoms with Gasteiger partial charge in [0.15, 0.2) is 17.3 Å². The molecule has 0 saturated heterocycles. The van der Waals surface area contributed by atoms with Crippen molar-refractivity contribution >= 4 is 17.7 Å². The van der Waals surface area contributed by atoms with E-state index >= 15 is 0 Å². The topological polar surface area (TPSA) is 128 Å². The summed E-state index contributed by atoms with van der Waals surface area (Å²) in [6.07, 6.45) is 1.35. The van der Waals surface area contributed by atoms with E-state index in [1.54, 1.807) is 18.2 Å². The SMILES string of the molecule is COc1cc(OC)c(OC)cc1CNC(=O)CNC(=O)CNC(=O)c1ccco1. The van der Waals surface area contributed by atoms with E-state index in [4.69, 9.17) is 18.6 Å². The number of ether oxygens (including phenoxy) is 3. The fourth-order valence-corrected chi connectivity index (χ4v) is 2.38. The molecular formula is C19H23N3O7. The Hall–Kier alpha value is -3.69. The van der Waals surface area contributed by atoms with Gasteiger partial charge in [-0.2, -0.15) is 0 Å². The number of nitrogens with one attached hydrogen (secondary N) is 3. The molecule has 156 valence electrons. The van der Waals surface area contributed by atoms with Crippen molar-refractivity contribution in [3.05, 3.63) is 41.9 Å². The number of carbonyl (C=O) groups is 3. The van der Waals surface area contributed by atoms with Gasteiger partial charge >= 0.3 is 0 Å². The lowest BCUT2D eigenvalue weighted by Crippen LogP contribution is -2.41. The first-order valence-electron chi connectivity index (χ1n) is 8.62. The highest BCUT2D eigenvalue weighted by atomic mass is 16.5. The number of rotatable bonds is 10. The van der Waals surface area contributed by atoms with Gasteiger partial charge < -0.3 is 34.6 Å². The van der Waals surface area contributed by atoms with Crippen molar-refractivity contribution in [3.8, 4) is 17.2 Å². The standard InChI is InChI=1S/C19H23N3O7/c1-26-14-8-16(28-3)15(27-2)7-12(14)9-20-17(23)10-21-18(24)11-22-19(25)13-5-4-6-29-13/h4-8H,9-11H2,1-3H3,(H,20,23)(H,21,24)(H,22,25). The van der Waals surface area contributed by atoms with Gasteiger partial charge in [0.2, 0.25) is 11.8 Å². The van der Waals surface area contributed by atoms with E-state index in [1.807, 2.05) is 0 Å². The molecule has 0 radical (unpaired) electrons. The normalized spacial score (nSPS) is 10.0. The van der Waals surface area contributed by atoms with Crippen LogP contribution in [0.25, 0.3) is 0 Å². The average molecular weight is 405 g/mol. The molecule has 1 aromatic heterocycles. The van der Waals surface area contributed by atoms with Gasteiger partial charge in [-0.05, 0) is 18.2 Å². The Kier molecular flexibility index (Phi) is 7.89. The second-order valence-corrected chi connectivity index (χ2v) is 5.73. The van der Waals surface area contributed by atoms with E-state index in [1.165, 1.54) is 33.7 Å². The number of carbonyl (C=O) groups excluding carboxylic acids is 3. The first-order valence-corrected chi connectivity index (χ1v) is 8.62. The lowest BCUT2D eigenvalue weighted by Gasteiger charge is -2.14. The van der Waals surface area contributed by atoms with Crippen molar-refractivity contribution in [3.63, 3.8) is 0 Å². The van der Waals surface area contributed by atoms with Gasteiger partial charge in [-0.1, -0.05) is 0 Å². The van der Waals surface area contributed by atoms with Crippen LogP contribution < -0.4 is 30.2 Å². The average Bonchev–Trinajstić information content (AvgIpc) is 3.28. The molecule has 29 heavy (non-hydrogen) atoms. The fourth-order valence-electron chi connectivity index (χ4n) is 2.38. The molecule has 2 aromatic rings. The molecule has 10 heteroatoms. The predicted molar refractivity (Wildman–Crippen MR) is 102 cm³/mol. The summed E-state index contributed by atoms with van der Waals surface area (Å²) in [5.41, 5.74) is 0.676. The zero-order chi connectivity index (χ0) is 21.2. The largest absolute Gasteiger partial charge is 0.496 e. The molecule has 3 amide bonds. The third-order valence-electron chi connectivity index (χ3n) is 3.86. The molecule has 1 heterocycles. The highest BCUT2D eigenvalue weighted by Crippen LogP contribution is 2.34. The number of benzene rings is 1. The molecule has 0 spiro atoms. The first-order chi connectivity index (χ1) is 14.0. The minimum absolute atomic E-state index is 0.0967. The highest BCUT2D eigenvalue weighted by molar-refractivity contribution is 5.94. The van der Waals surface area contributed by atoms with Gasteiger partial charge in [0.1, 0.15) is 5.75 Å². The third kappa shape index (κ3) is 6.16. The summed E-state index contributed by atoms with van der Waals surface area (Å²) in [6, 6.07) is 6.39. The van der Waals surface area contributed by atoms with E-state index in [2.05, 4.69) is 16.0 Å². The van der Waals surface area contributed by atoms with Crippen molar-refractivity contribution in [2.75, 3.05) is 34.4 Å². The van der Waals surface area contributed by atoms with Crippen molar-refractivity contribution in [2.45, 2.75) is 6.54 Å². The smallest absolute Gasteiger partial charge is 0.287 e. The predicted octanol–water partition coefficient (Wildman–Crippen LogP) is 0.468. The molecule has 0 aliphatic heterocycles. The van der Waals surface area contributed by atoms with Gasteiger partial charge in [0.05, 0.1) is 40.7 Å². The molecule has 0 bridgehead atoms. The molecule has 0 unspecified atom stereocenters. The summed E-state index contributed by atoms with van der Waals surface area (Å²) >= 11 is 0. The maximum Gasteiger partial charge on any atom is 0.287 e.